The van der Waals surface area contributed by atoms with Crippen LogP contribution in [0.4, 0.5) is 0 Å². The van der Waals surface area contributed by atoms with E-state index in [9.17, 15) is 0 Å². The zero-order valence-corrected chi connectivity index (χ0v) is 24.8. The molecule has 8 nitrogen and oxygen atoms in total. The summed E-state index contributed by atoms with van der Waals surface area (Å²) >= 11 is 0. The third-order valence-electron chi connectivity index (χ3n) is 9.03. The van der Waals surface area contributed by atoms with Crippen LogP contribution in [-0.2, 0) is 45.7 Å². The molecule has 3 fully saturated rings. The molecular formula is C26H44B3NO7. The van der Waals surface area contributed by atoms with Gasteiger partial charge in [0.1, 0.15) is 0 Å². The van der Waals surface area contributed by atoms with Crippen molar-refractivity contribution in [2.75, 3.05) is 0 Å². The highest BCUT2D eigenvalue weighted by molar-refractivity contribution is 6.60. The summed E-state index contributed by atoms with van der Waals surface area (Å²) in [5, 5.41) is 0. The molecule has 1 aromatic carbocycles. The first-order valence-corrected chi connectivity index (χ1v) is 13.3. The van der Waals surface area contributed by atoms with Crippen LogP contribution in [-0.4, -0.2) is 60.2 Å². The number of hydrogen-bond donors (Lipinski definition) is 0. The van der Waals surface area contributed by atoms with E-state index in [4.69, 9.17) is 32.6 Å². The van der Waals surface area contributed by atoms with Crippen molar-refractivity contribution in [2.45, 2.75) is 130 Å². The standard InChI is InChI=1S/C26H44B3NO7/c1-21(2)22(3,4)33-27(32-21)30(28-34-23(5,6)24(7,8)35-28)17-19-13-15-20(16-14-19)18-31-29-36-25(9,10)26(11,12)37-29/h13-16H,17-18H2,1-12H3. The fraction of sp³-hybridized carbons (Fsp3) is 0.769. The summed E-state index contributed by atoms with van der Waals surface area (Å²) in [5.74, 6) is 0. The minimum Gasteiger partial charge on any atom is -0.390 e. The molecule has 0 amide bonds. The average Bonchev–Trinajstić information content (AvgIpc) is 3.19. The summed E-state index contributed by atoms with van der Waals surface area (Å²) < 4.78 is 45.4. The second-order valence-corrected chi connectivity index (χ2v) is 13.5. The lowest BCUT2D eigenvalue weighted by Gasteiger charge is -2.32. The van der Waals surface area contributed by atoms with Gasteiger partial charge in [0.25, 0.3) is 0 Å². The Morgan fingerprint density at radius 3 is 1.24 bits per heavy atom. The summed E-state index contributed by atoms with van der Waals surface area (Å²) in [4.78, 5) is 0. The second-order valence-electron chi connectivity index (χ2n) is 13.5. The molecule has 0 aromatic heterocycles. The van der Waals surface area contributed by atoms with Crippen molar-refractivity contribution in [1.82, 2.24) is 4.72 Å². The Morgan fingerprint density at radius 1 is 0.541 bits per heavy atom. The zero-order valence-electron chi connectivity index (χ0n) is 24.8. The zero-order chi connectivity index (χ0) is 27.7. The first kappa shape index (κ1) is 29.1. The van der Waals surface area contributed by atoms with E-state index in [1.54, 1.807) is 0 Å². The largest absolute Gasteiger partial charge is 0.640 e. The Morgan fingerprint density at radius 2 is 0.865 bits per heavy atom. The lowest BCUT2D eigenvalue weighted by atomic mass is 9.87. The van der Waals surface area contributed by atoms with Crippen LogP contribution >= 0.6 is 0 Å². The Bertz CT molecular complexity index is 897. The number of rotatable bonds is 7. The highest BCUT2D eigenvalue weighted by Gasteiger charge is 2.61. The van der Waals surface area contributed by atoms with Gasteiger partial charge < -0.3 is 32.6 Å². The summed E-state index contributed by atoms with van der Waals surface area (Å²) in [6.07, 6.45) is 0. The van der Waals surface area contributed by atoms with E-state index < -0.39 is 55.4 Å². The first-order valence-electron chi connectivity index (χ1n) is 13.3. The highest BCUT2D eigenvalue weighted by atomic mass is 16.8. The van der Waals surface area contributed by atoms with Crippen LogP contribution in [0.5, 0.6) is 0 Å². The van der Waals surface area contributed by atoms with Gasteiger partial charge in [0.05, 0.1) is 40.2 Å². The van der Waals surface area contributed by atoms with Crippen LogP contribution in [0.25, 0.3) is 0 Å². The Hall–Kier alpha value is -0.905. The van der Waals surface area contributed by atoms with E-state index in [0.717, 1.165) is 11.1 Å². The third kappa shape index (κ3) is 5.57. The topological polar surface area (TPSA) is 67.9 Å². The van der Waals surface area contributed by atoms with Crippen LogP contribution in [0.15, 0.2) is 24.3 Å². The fourth-order valence-corrected chi connectivity index (χ4v) is 4.12. The van der Waals surface area contributed by atoms with E-state index in [1.807, 2.05) is 99.9 Å². The molecular weight excluding hydrogens is 471 g/mol. The summed E-state index contributed by atoms with van der Waals surface area (Å²) in [6, 6.07) is 8.25. The van der Waals surface area contributed by atoms with Crippen LogP contribution in [0.1, 0.15) is 94.2 Å². The summed E-state index contributed by atoms with van der Waals surface area (Å²) in [7, 11) is -1.93. The third-order valence-corrected chi connectivity index (χ3v) is 9.03. The highest BCUT2D eigenvalue weighted by Crippen LogP contribution is 2.42. The first-order chi connectivity index (χ1) is 16.8. The molecule has 11 heteroatoms. The molecule has 0 atom stereocenters. The van der Waals surface area contributed by atoms with E-state index >= 15 is 0 Å². The van der Waals surface area contributed by atoms with Crippen LogP contribution in [0.3, 0.4) is 0 Å². The molecule has 0 radical (unpaired) electrons. The van der Waals surface area contributed by atoms with Gasteiger partial charge in [0.15, 0.2) is 0 Å². The van der Waals surface area contributed by atoms with Crippen LogP contribution in [0, 0.1) is 0 Å². The van der Waals surface area contributed by atoms with Gasteiger partial charge in [-0.05, 0) is 94.2 Å². The van der Waals surface area contributed by atoms with Crippen LogP contribution in [0.2, 0.25) is 0 Å². The number of benzene rings is 1. The Labute approximate surface area is 224 Å². The Kier molecular flexibility index (Phi) is 7.34. The molecule has 0 bridgehead atoms. The molecule has 0 N–H and O–H groups in total. The van der Waals surface area contributed by atoms with Crippen molar-refractivity contribution >= 4 is 21.8 Å². The van der Waals surface area contributed by atoms with Gasteiger partial charge in [0.2, 0.25) is 0 Å². The van der Waals surface area contributed by atoms with Crippen molar-refractivity contribution in [2.24, 2.45) is 0 Å². The maximum atomic E-state index is 6.40. The van der Waals surface area contributed by atoms with E-state index in [1.165, 1.54) is 0 Å². The van der Waals surface area contributed by atoms with Crippen LogP contribution < -0.4 is 0 Å². The maximum absolute atomic E-state index is 6.40. The smallest absolute Gasteiger partial charge is 0.390 e. The predicted molar refractivity (Wildman–Crippen MR) is 145 cm³/mol. The molecule has 0 aliphatic carbocycles. The summed E-state index contributed by atoms with van der Waals surface area (Å²) in [5.41, 5.74) is -0.664. The fourth-order valence-electron chi connectivity index (χ4n) is 4.12. The van der Waals surface area contributed by atoms with Crippen molar-refractivity contribution in [3.05, 3.63) is 35.4 Å². The minimum atomic E-state index is -0.688. The lowest BCUT2D eigenvalue weighted by Crippen LogP contribution is -2.52. The molecule has 37 heavy (non-hydrogen) atoms. The normalized spacial score (nSPS) is 26.9. The van der Waals surface area contributed by atoms with E-state index in [2.05, 4.69) is 12.1 Å². The minimum absolute atomic E-state index is 0.384. The van der Waals surface area contributed by atoms with Gasteiger partial charge in [-0.15, -0.1) is 0 Å². The maximum Gasteiger partial charge on any atom is 0.640 e. The molecule has 204 valence electrons. The molecule has 0 unspecified atom stereocenters. The lowest BCUT2D eigenvalue weighted by molar-refractivity contribution is 0.00578. The second kappa shape index (κ2) is 9.34. The van der Waals surface area contributed by atoms with Gasteiger partial charge in [-0.25, -0.2) is 0 Å². The monoisotopic (exact) mass is 515 g/mol. The van der Waals surface area contributed by atoms with Gasteiger partial charge in [-0.1, -0.05) is 24.3 Å². The SMILES string of the molecule is CC1(C)OB(OCc2ccc(CN(B3OC(C)(C)C(C)(C)O3)B3OC(C)(C)C(C)(C)O3)cc2)OC1(C)C. The van der Waals surface area contributed by atoms with E-state index in [-0.39, 0.29) is 0 Å². The van der Waals surface area contributed by atoms with Crippen molar-refractivity contribution in [3.8, 4) is 0 Å². The molecule has 3 saturated heterocycles. The molecule has 3 aliphatic rings. The van der Waals surface area contributed by atoms with Gasteiger partial charge >= 0.3 is 21.8 Å². The molecule has 3 heterocycles. The number of hydrogen-bond acceptors (Lipinski definition) is 8. The van der Waals surface area contributed by atoms with Crippen molar-refractivity contribution in [1.29, 1.82) is 0 Å². The molecule has 3 aliphatic heterocycles. The average molecular weight is 515 g/mol. The predicted octanol–water partition coefficient (Wildman–Crippen LogP) is 4.77. The molecule has 0 saturated carbocycles. The molecule has 1 aromatic rings. The number of nitrogens with zero attached hydrogens (tertiary/aromatic N) is 1. The quantitative estimate of drug-likeness (QED) is 0.482. The van der Waals surface area contributed by atoms with Gasteiger partial charge in [0, 0.05) is 6.54 Å². The Balaban J connectivity index is 1.46. The van der Waals surface area contributed by atoms with Crippen molar-refractivity contribution in [3.63, 3.8) is 0 Å². The summed E-state index contributed by atoms with van der Waals surface area (Å²) in [6.45, 7) is 25.3. The van der Waals surface area contributed by atoms with Gasteiger partial charge in [-0.2, -0.15) is 0 Å². The van der Waals surface area contributed by atoms with E-state index in [0.29, 0.717) is 13.2 Å². The molecule has 4 rings (SSSR count). The van der Waals surface area contributed by atoms with Gasteiger partial charge in [-0.3, -0.25) is 4.72 Å². The van der Waals surface area contributed by atoms with Crippen molar-refractivity contribution < 1.29 is 32.6 Å². The molecule has 0 spiro atoms.